The molecule has 33 heavy (non-hydrogen) atoms. The van der Waals surface area contributed by atoms with Gasteiger partial charge in [0.25, 0.3) is 0 Å². The molecule has 1 aliphatic heterocycles. The fourth-order valence-electron chi connectivity index (χ4n) is 4.03. The number of thiazole rings is 1. The highest BCUT2D eigenvalue weighted by atomic mass is 32.1. The summed E-state index contributed by atoms with van der Waals surface area (Å²) < 4.78 is 63.5. The van der Waals surface area contributed by atoms with Gasteiger partial charge in [-0.3, -0.25) is 4.90 Å². The number of fused-ring (bicyclic) bond motifs is 1. The van der Waals surface area contributed by atoms with E-state index in [2.05, 4.69) is 34.3 Å². The number of nitrogens with zero attached hydrogens (tertiary/aromatic N) is 3. The van der Waals surface area contributed by atoms with Gasteiger partial charge in [0.15, 0.2) is 0 Å². The summed E-state index contributed by atoms with van der Waals surface area (Å²) in [6, 6.07) is 0. The lowest BCUT2D eigenvalue weighted by Crippen LogP contribution is -2.34. The van der Waals surface area contributed by atoms with Crippen LogP contribution >= 0.6 is 11.3 Å². The SMILES string of the molecule is CN(C)C[C@@H]1CCC[C@@H]2CN(Cc3nccs3)C[C@@H]21.O=C(O)C(F)(F)F.O=C(O)C(F)(F)F. The molecule has 1 saturated heterocycles. The Morgan fingerprint density at radius 1 is 1.09 bits per heavy atom. The maximum absolute atomic E-state index is 10.6. The molecule has 1 aromatic rings. The number of hydrogen-bond donors (Lipinski definition) is 2. The average molecular weight is 507 g/mol. The van der Waals surface area contributed by atoms with E-state index in [9.17, 15) is 26.3 Å². The van der Waals surface area contributed by atoms with E-state index in [4.69, 9.17) is 19.8 Å². The van der Waals surface area contributed by atoms with E-state index in [1.807, 2.05) is 6.20 Å². The van der Waals surface area contributed by atoms with Crippen LogP contribution in [0.5, 0.6) is 0 Å². The van der Waals surface area contributed by atoms with Crippen LogP contribution in [0.2, 0.25) is 0 Å². The highest BCUT2D eigenvalue weighted by Crippen LogP contribution is 2.40. The number of hydrogen-bond acceptors (Lipinski definition) is 6. The van der Waals surface area contributed by atoms with Gasteiger partial charge in [-0.05, 0) is 44.7 Å². The van der Waals surface area contributed by atoms with Crippen molar-refractivity contribution in [2.75, 3.05) is 33.7 Å². The lowest BCUT2D eigenvalue weighted by atomic mass is 9.74. The van der Waals surface area contributed by atoms with Crippen molar-refractivity contribution >= 4 is 23.3 Å². The van der Waals surface area contributed by atoms with Crippen LogP contribution in [0.4, 0.5) is 26.3 Å². The summed E-state index contributed by atoms with van der Waals surface area (Å²) in [7, 11) is 4.43. The zero-order valence-corrected chi connectivity index (χ0v) is 18.9. The first-order chi connectivity index (χ1) is 15.1. The third-order valence-corrected chi connectivity index (χ3v) is 6.01. The van der Waals surface area contributed by atoms with Crippen LogP contribution in [0.25, 0.3) is 0 Å². The molecule has 0 radical (unpaired) electrons. The average Bonchev–Trinajstić information content (AvgIpc) is 3.31. The van der Waals surface area contributed by atoms with E-state index in [0.29, 0.717) is 0 Å². The Bertz CT molecular complexity index is 719. The van der Waals surface area contributed by atoms with Crippen molar-refractivity contribution in [1.29, 1.82) is 0 Å². The van der Waals surface area contributed by atoms with Crippen molar-refractivity contribution < 1.29 is 46.1 Å². The molecule has 0 unspecified atom stereocenters. The summed E-state index contributed by atoms with van der Waals surface area (Å²) in [5, 5.41) is 17.6. The summed E-state index contributed by atoms with van der Waals surface area (Å²) in [5.41, 5.74) is 0. The number of alkyl halides is 6. The number of carboxylic acid groups (broad SMARTS) is 2. The Labute approximate surface area is 191 Å². The quantitative estimate of drug-likeness (QED) is 0.599. The van der Waals surface area contributed by atoms with E-state index < -0.39 is 24.3 Å². The van der Waals surface area contributed by atoms with Gasteiger partial charge in [0.05, 0.1) is 6.54 Å². The first-order valence-electron chi connectivity index (χ1n) is 9.97. The number of carboxylic acids is 2. The van der Waals surface area contributed by atoms with Crippen LogP contribution in [0.1, 0.15) is 24.3 Å². The predicted octanol–water partition coefficient (Wildman–Crippen LogP) is 3.82. The van der Waals surface area contributed by atoms with Crippen molar-refractivity contribution in [2.45, 2.75) is 38.2 Å². The van der Waals surface area contributed by atoms with Crippen LogP contribution in [0.15, 0.2) is 11.6 Å². The third-order valence-electron chi connectivity index (χ3n) is 5.25. The second kappa shape index (κ2) is 12.5. The second-order valence-electron chi connectivity index (χ2n) is 8.10. The first-order valence-corrected chi connectivity index (χ1v) is 10.8. The molecule has 0 amide bonds. The molecule has 3 atom stereocenters. The number of carbonyl (C=O) groups is 2. The van der Waals surface area contributed by atoms with Crippen molar-refractivity contribution in [3.8, 4) is 0 Å². The Kier molecular flexibility index (Phi) is 11.0. The Balaban J connectivity index is 0.000000324. The molecule has 7 nitrogen and oxygen atoms in total. The normalized spacial score (nSPS) is 23.1. The summed E-state index contributed by atoms with van der Waals surface area (Å²) in [6.45, 7) is 4.93. The second-order valence-corrected chi connectivity index (χ2v) is 9.08. The summed E-state index contributed by atoms with van der Waals surface area (Å²) in [6.07, 6.45) is -3.92. The molecule has 1 aliphatic carbocycles. The highest BCUT2D eigenvalue weighted by Gasteiger charge is 2.40. The van der Waals surface area contributed by atoms with Crippen LogP contribution in [-0.4, -0.2) is 83.0 Å². The van der Waals surface area contributed by atoms with Gasteiger partial charge >= 0.3 is 24.3 Å². The zero-order chi connectivity index (χ0) is 25.4. The van der Waals surface area contributed by atoms with Crippen LogP contribution < -0.4 is 0 Å². The van der Waals surface area contributed by atoms with E-state index >= 15 is 0 Å². The Morgan fingerprint density at radius 3 is 2.06 bits per heavy atom. The molecule has 3 rings (SSSR count). The molecule has 14 heteroatoms. The highest BCUT2D eigenvalue weighted by molar-refractivity contribution is 7.09. The fraction of sp³-hybridized carbons (Fsp3) is 0.737. The molecule has 1 aromatic heterocycles. The van der Waals surface area contributed by atoms with E-state index in [1.165, 1.54) is 43.9 Å². The summed E-state index contributed by atoms with van der Waals surface area (Å²) >= 11 is 1.79. The minimum Gasteiger partial charge on any atom is -0.475 e. The smallest absolute Gasteiger partial charge is 0.475 e. The van der Waals surface area contributed by atoms with Gasteiger partial charge in [0.2, 0.25) is 0 Å². The van der Waals surface area contributed by atoms with Crippen molar-refractivity contribution in [2.24, 2.45) is 17.8 Å². The number of likely N-dealkylation sites (tertiary alicyclic amines) is 1. The van der Waals surface area contributed by atoms with Crippen molar-refractivity contribution in [1.82, 2.24) is 14.8 Å². The minimum atomic E-state index is -5.08. The van der Waals surface area contributed by atoms with Crippen molar-refractivity contribution in [3.63, 3.8) is 0 Å². The fourth-order valence-corrected chi connectivity index (χ4v) is 4.69. The van der Waals surface area contributed by atoms with E-state index in [0.717, 1.165) is 24.3 Å². The largest absolute Gasteiger partial charge is 0.490 e. The van der Waals surface area contributed by atoms with Crippen molar-refractivity contribution in [3.05, 3.63) is 16.6 Å². The maximum Gasteiger partial charge on any atom is 0.490 e. The third kappa shape index (κ3) is 10.7. The lowest BCUT2D eigenvalue weighted by molar-refractivity contribution is -0.193. The molecule has 0 aromatic carbocycles. The number of halogens is 6. The molecule has 2 aliphatic rings. The zero-order valence-electron chi connectivity index (χ0n) is 18.1. The van der Waals surface area contributed by atoms with Crippen LogP contribution in [0.3, 0.4) is 0 Å². The monoisotopic (exact) mass is 507 g/mol. The van der Waals surface area contributed by atoms with Gasteiger partial charge in [-0.2, -0.15) is 26.3 Å². The predicted molar refractivity (Wildman–Crippen MR) is 108 cm³/mol. The molecule has 0 spiro atoms. The molecular formula is C19H27F6N3O4S. The molecule has 2 fully saturated rings. The molecule has 2 N–H and O–H groups in total. The van der Waals surface area contributed by atoms with Gasteiger partial charge in [-0.25, -0.2) is 14.6 Å². The maximum atomic E-state index is 10.6. The molecule has 0 bridgehead atoms. The van der Waals surface area contributed by atoms with Crippen LogP contribution in [-0.2, 0) is 16.1 Å². The Hall–Kier alpha value is -1.93. The van der Waals surface area contributed by atoms with E-state index in [1.54, 1.807) is 11.3 Å². The van der Waals surface area contributed by atoms with Gasteiger partial charge in [0.1, 0.15) is 5.01 Å². The van der Waals surface area contributed by atoms with Crippen LogP contribution in [0, 0.1) is 17.8 Å². The molecule has 1 saturated carbocycles. The Morgan fingerprint density at radius 2 is 1.64 bits per heavy atom. The summed E-state index contributed by atoms with van der Waals surface area (Å²) in [4.78, 5) is 27.2. The van der Waals surface area contributed by atoms with Gasteiger partial charge in [0, 0.05) is 31.2 Å². The van der Waals surface area contributed by atoms with E-state index in [-0.39, 0.29) is 0 Å². The lowest BCUT2D eigenvalue weighted by Gasteiger charge is -2.34. The minimum absolute atomic E-state index is 0.912. The standard InChI is InChI=1S/C15H25N3S.2C2HF3O2/c1-17(2)8-12-4-3-5-13-9-18(10-14(12)13)11-15-16-6-7-19-15;2*3-2(4,5)1(6)7/h6-7,12-14H,3-5,8-11H2,1-2H3;2*(H,6,7)/t12-,13+,14+;;/m0../s1. The summed E-state index contributed by atoms with van der Waals surface area (Å²) in [5.74, 6) is -2.73. The molecule has 190 valence electrons. The van der Waals surface area contributed by atoms with Gasteiger partial charge in [-0.15, -0.1) is 11.3 Å². The van der Waals surface area contributed by atoms with Gasteiger partial charge in [-0.1, -0.05) is 6.42 Å². The number of aliphatic carboxylic acids is 2. The number of rotatable bonds is 4. The number of aromatic nitrogens is 1. The molecular weight excluding hydrogens is 480 g/mol. The molecule has 2 heterocycles. The first kappa shape index (κ1) is 29.1. The topological polar surface area (TPSA) is 94.0 Å². The van der Waals surface area contributed by atoms with Gasteiger partial charge < -0.3 is 15.1 Å².